The van der Waals surface area contributed by atoms with E-state index < -0.39 is 5.97 Å². The van der Waals surface area contributed by atoms with E-state index in [1.165, 1.54) is 44.1 Å². The van der Waals surface area contributed by atoms with Gasteiger partial charge in [0, 0.05) is 17.1 Å². The normalized spacial score (nSPS) is 21.7. The third kappa shape index (κ3) is 2.74. The molecule has 0 radical (unpaired) electrons. The molecule has 2 atom stereocenters. The first-order valence-corrected chi connectivity index (χ1v) is 8.47. The van der Waals surface area contributed by atoms with E-state index in [9.17, 15) is 9.90 Å². The molecule has 2 unspecified atom stereocenters. The summed E-state index contributed by atoms with van der Waals surface area (Å²) in [6.45, 7) is 2.23. The number of carboxylic acid groups (broad SMARTS) is 1. The molecule has 5 N–H and O–H groups in total. The Morgan fingerprint density at radius 2 is 1.45 bits per heavy atom. The second-order valence-electron chi connectivity index (χ2n) is 6.44. The van der Waals surface area contributed by atoms with Crippen molar-refractivity contribution in [3.63, 3.8) is 0 Å². The minimum atomic E-state index is -0.711. The Bertz CT molecular complexity index is 662. The van der Waals surface area contributed by atoms with Crippen LogP contribution in [0, 0.1) is 11.8 Å². The number of aromatic amines is 4. The molecule has 0 saturated heterocycles. The lowest BCUT2D eigenvalue weighted by Gasteiger charge is -2.42. The van der Waals surface area contributed by atoms with E-state index in [1.54, 1.807) is 0 Å². The number of carbonyl (C=O) groups is 1. The van der Waals surface area contributed by atoms with E-state index in [4.69, 9.17) is 0 Å². The zero-order valence-electron chi connectivity index (χ0n) is 13.2. The van der Waals surface area contributed by atoms with Gasteiger partial charge in [0.2, 0.25) is 0 Å². The third-order valence-corrected chi connectivity index (χ3v) is 4.94. The third-order valence-electron chi connectivity index (χ3n) is 4.94. The standard InChI is InChI=1S/C16H26N4O2/c1-2-3-4-5-6-7-8-10-11(9-12(21)22)14-13(10)15-17-19-16(14)20-18-15/h10-11,17-20H,2-9H2,1H3,(H,21,22). The average Bonchev–Trinajstić information content (AvgIpc) is 2.52. The molecule has 1 saturated carbocycles. The van der Waals surface area contributed by atoms with Crippen molar-refractivity contribution >= 4 is 17.1 Å². The number of nitrogens with one attached hydrogen (secondary N) is 4. The van der Waals surface area contributed by atoms with Crippen molar-refractivity contribution in [2.45, 2.75) is 58.3 Å². The molecule has 122 valence electrons. The maximum Gasteiger partial charge on any atom is 0.303 e. The Morgan fingerprint density at radius 3 is 2.05 bits per heavy atom. The Labute approximate surface area is 129 Å². The van der Waals surface area contributed by atoms with Crippen molar-refractivity contribution in [3.8, 4) is 0 Å². The van der Waals surface area contributed by atoms with E-state index in [-0.39, 0.29) is 12.3 Å². The monoisotopic (exact) mass is 306 g/mol. The molecule has 6 heteroatoms. The topological polar surface area (TPSA) is 100 Å². The summed E-state index contributed by atoms with van der Waals surface area (Å²) in [5, 5.41) is 21.6. The van der Waals surface area contributed by atoms with Gasteiger partial charge in [0.1, 0.15) is 11.0 Å². The van der Waals surface area contributed by atoms with Gasteiger partial charge in [-0.05, 0) is 12.3 Å². The number of hydrogen-bond donors (Lipinski definition) is 5. The van der Waals surface area contributed by atoms with Crippen LogP contribution in [-0.2, 0) is 4.79 Å². The molecule has 0 aromatic carbocycles. The molecule has 2 bridgehead atoms. The zero-order valence-corrected chi connectivity index (χ0v) is 13.2. The highest BCUT2D eigenvalue weighted by Gasteiger charge is 2.44. The first-order valence-electron chi connectivity index (χ1n) is 8.47. The van der Waals surface area contributed by atoms with Crippen LogP contribution in [0.2, 0.25) is 0 Å². The smallest absolute Gasteiger partial charge is 0.303 e. The van der Waals surface area contributed by atoms with Crippen LogP contribution < -0.4 is 11.0 Å². The highest BCUT2D eigenvalue weighted by Crippen LogP contribution is 2.50. The average molecular weight is 306 g/mol. The van der Waals surface area contributed by atoms with Gasteiger partial charge in [-0.1, -0.05) is 45.4 Å². The highest BCUT2D eigenvalue weighted by molar-refractivity contribution is 5.99. The van der Waals surface area contributed by atoms with Crippen LogP contribution >= 0.6 is 0 Å². The lowest BCUT2D eigenvalue weighted by Crippen LogP contribution is -2.48. The molecular formula is C16H26N4O2. The number of hydrogen-bond acceptors (Lipinski definition) is 1. The summed E-state index contributed by atoms with van der Waals surface area (Å²) in [5.41, 5.74) is 4.29. The summed E-state index contributed by atoms with van der Waals surface area (Å²) in [6.07, 6.45) is 8.95. The molecule has 4 rings (SSSR count). The maximum atomic E-state index is 11.2. The fourth-order valence-corrected chi connectivity index (χ4v) is 3.85. The predicted octanol–water partition coefficient (Wildman–Crippen LogP) is 1.91. The number of rotatable bonds is 9. The summed E-state index contributed by atoms with van der Waals surface area (Å²) in [7, 11) is 0. The van der Waals surface area contributed by atoms with Gasteiger partial charge in [-0.15, -0.1) is 0 Å². The van der Waals surface area contributed by atoms with Gasteiger partial charge in [0.15, 0.2) is 0 Å². The van der Waals surface area contributed by atoms with Crippen molar-refractivity contribution in [1.29, 1.82) is 0 Å². The molecule has 0 amide bonds. The Kier molecular flexibility index (Phi) is 4.45. The van der Waals surface area contributed by atoms with Gasteiger partial charge < -0.3 is 5.11 Å². The first kappa shape index (κ1) is 15.1. The lowest BCUT2D eigenvalue weighted by molar-refractivity contribution is -0.138. The molecule has 1 aliphatic carbocycles. The number of aliphatic carboxylic acids is 1. The van der Waals surface area contributed by atoms with Crippen LogP contribution in [0.25, 0.3) is 11.1 Å². The van der Waals surface area contributed by atoms with Crippen molar-refractivity contribution < 1.29 is 9.90 Å². The van der Waals surface area contributed by atoms with Gasteiger partial charge in [0.25, 0.3) is 0 Å². The van der Waals surface area contributed by atoms with Gasteiger partial charge in [-0.3, -0.25) is 25.2 Å². The van der Waals surface area contributed by atoms with Crippen LogP contribution in [0.1, 0.15) is 58.3 Å². The second kappa shape index (κ2) is 6.50. The quantitative estimate of drug-likeness (QED) is 0.450. The molecule has 3 aliphatic rings. The summed E-state index contributed by atoms with van der Waals surface area (Å²) in [4.78, 5) is 11.2. The van der Waals surface area contributed by atoms with Crippen molar-refractivity contribution in [3.05, 3.63) is 11.0 Å². The predicted molar refractivity (Wildman–Crippen MR) is 84.8 cm³/mol. The number of fused-ring (bicyclic) bond motifs is 2. The van der Waals surface area contributed by atoms with E-state index in [0.717, 1.165) is 23.0 Å². The minimum absolute atomic E-state index is 0.136. The molecular weight excluding hydrogens is 280 g/mol. The van der Waals surface area contributed by atoms with E-state index >= 15 is 0 Å². The van der Waals surface area contributed by atoms with E-state index in [0.29, 0.717) is 5.92 Å². The molecule has 6 nitrogen and oxygen atoms in total. The SMILES string of the molecule is CCCCCCCCC1C2=c3[nH][nH]c([nH][nH]3)=C2C1CC(=O)O. The van der Waals surface area contributed by atoms with Crippen molar-refractivity contribution in [2.24, 2.45) is 11.8 Å². The van der Waals surface area contributed by atoms with Gasteiger partial charge in [0.05, 0.1) is 6.42 Å². The van der Waals surface area contributed by atoms with Crippen molar-refractivity contribution in [2.75, 3.05) is 0 Å². The first-order chi connectivity index (χ1) is 10.7. The van der Waals surface area contributed by atoms with Crippen LogP contribution in [0.4, 0.5) is 0 Å². The summed E-state index contributed by atoms with van der Waals surface area (Å²) in [6, 6.07) is 0. The highest BCUT2D eigenvalue weighted by atomic mass is 16.4. The molecule has 2 aliphatic heterocycles. The largest absolute Gasteiger partial charge is 0.481 e. The maximum absolute atomic E-state index is 11.2. The molecule has 1 aromatic heterocycles. The zero-order chi connectivity index (χ0) is 15.5. The number of carboxylic acids is 1. The Morgan fingerprint density at radius 1 is 0.909 bits per heavy atom. The summed E-state index contributed by atoms with van der Waals surface area (Å²) >= 11 is 0. The lowest BCUT2D eigenvalue weighted by atomic mass is 9.62. The van der Waals surface area contributed by atoms with Crippen LogP contribution in [0.15, 0.2) is 0 Å². The molecule has 22 heavy (non-hydrogen) atoms. The fourth-order valence-electron chi connectivity index (χ4n) is 3.85. The van der Waals surface area contributed by atoms with Gasteiger partial charge in [-0.25, -0.2) is 0 Å². The minimum Gasteiger partial charge on any atom is -0.481 e. The molecule has 1 aromatic rings. The van der Waals surface area contributed by atoms with Crippen LogP contribution in [-0.4, -0.2) is 31.5 Å². The van der Waals surface area contributed by atoms with Crippen LogP contribution in [0.3, 0.4) is 0 Å². The fraction of sp³-hybridized carbons (Fsp3) is 0.688. The Hall–Kier alpha value is -1.85. The summed E-state index contributed by atoms with van der Waals surface area (Å²) < 4.78 is 0. The second-order valence-corrected chi connectivity index (χ2v) is 6.44. The summed E-state index contributed by atoms with van der Waals surface area (Å²) in [5.74, 6) is -0.207. The molecule has 1 fully saturated rings. The van der Waals surface area contributed by atoms with E-state index in [1.807, 2.05) is 0 Å². The molecule has 0 spiro atoms. The Balaban J connectivity index is 1.65. The van der Waals surface area contributed by atoms with Gasteiger partial charge in [-0.2, -0.15) is 0 Å². The van der Waals surface area contributed by atoms with Crippen molar-refractivity contribution in [1.82, 2.24) is 20.4 Å². The van der Waals surface area contributed by atoms with Gasteiger partial charge >= 0.3 is 5.97 Å². The van der Waals surface area contributed by atoms with E-state index in [2.05, 4.69) is 27.3 Å². The van der Waals surface area contributed by atoms with Crippen LogP contribution in [0.5, 0.6) is 0 Å². The number of H-pyrrole nitrogens is 4. The number of aromatic nitrogens is 4. The molecule has 3 heterocycles. The number of unbranched alkanes of at least 4 members (excludes halogenated alkanes) is 5.